The SMILES string of the molecule is O=C1CCC(N2Cc3cc(O[C@@H]4CN(Cc5ccc6nc(C7CCOCC7)ccc6c5)CC4(F)F)ccc3C2=O)C(=O)N1. The second kappa shape index (κ2) is 10.9. The quantitative estimate of drug-likeness (QED) is 0.436. The molecule has 2 atom stereocenters. The first-order chi connectivity index (χ1) is 20.7. The number of hydrogen-bond acceptors (Lipinski definition) is 7. The lowest BCUT2D eigenvalue weighted by Crippen LogP contribution is -2.52. The van der Waals surface area contributed by atoms with Gasteiger partial charge in [-0.2, -0.15) is 0 Å². The van der Waals surface area contributed by atoms with Crippen LogP contribution in [0.25, 0.3) is 10.9 Å². The fourth-order valence-corrected chi connectivity index (χ4v) is 6.63. The molecular weight excluding hydrogens is 558 g/mol. The minimum Gasteiger partial charge on any atom is -0.483 e. The summed E-state index contributed by atoms with van der Waals surface area (Å²) in [6.45, 7) is 1.63. The first-order valence-corrected chi connectivity index (χ1v) is 14.8. The summed E-state index contributed by atoms with van der Waals surface area (Å²) < 4.78 is 41.5. The second-order valence-corrected chi connectivity index (χ2v) is 11.9. The van der Waals surface area contributed by atoms with E-state index in [2.05, 4.69) is 17.4 Å². The van der Waals surface area contributed by atoms with Crippen molar-refractivity contribution in [2.45, 2.75) is 62.8 Å². The summed E-state index contributed by atoms with van der Waals surface area (Å²) in [5.41, 5.74) is 3.90. The van der Waals surface area contributed by atoms with Crippen LogP contribution in [0.1, 0.15) is 58.8 Å². The monoisotopic (exact) mass is 590 g/mol. The Morgan fingerprint density at radius 2 is 1.86 bits per heavy atom. The van der Waals surface area contributed by atoms with Crippen LogP contribution in [0.3, 0.4) is 0 Å². The Kier molecular flexibility index (Phi) is 7.09. The van der Waals surface area contributed by atoms with Gasteiger partial charge in [-0.05, 0) is 66.8 Å². The number of piperidine rings is 1. The Bertz CT molecular complexity index is 1610. The fraction of sp³-hybridized carbons (Fsp3) is 0.438. The van der Waals surface area contributed by atoms with E-state index in [9.17, 15) is 14.4 Å². The van der Waals surface area contributed by atoms with Crippen molar-refractivity contribution < 1.29 is 32.6 Å². The molecule has 5 heterocycles. The lowest BCUT2D eigenvalue weighted by Gasteiger charge is -2.29. The molecule has 9 nitrogen and oxygen atoms in total. The van der Waals surface area contributed by atoms with Gasteiger partial charge in [0, 0.05) is 61.8 Å². The largest absolute Gasteiger partial charge is 0.483 e. The molecule has 1 N–H and O–H groups in total. The highest BCUT2D eigenvalue weighted by Gasteiger charge is 2.50. The predicted octanol–water partition coefficient (Wildman–Crippen LogP) is 3.79. The molecule has 0 saturated carbocycles. The molecule has 3 amide bonds. The molecule has 1 aromatic heterocycles. The van der Waals surface area contributed by atoms with Crippen LogP contribution in [0.15, 0.2) is 48.5 Å². The zero-order valence-electron chi connectivity index (χ0n) is 23.6. The van der Waals surface area contributed by atoms with Crippen LogP contribution in [-0.2, 0) is 27.4 Å². The second-order valence-electron chi connectivity index (χ2n) is 11.9. The number of halogens is 2. The first-order valence-electron chi connectivity index (χ1n) is 14.8. The molecule has 224 valence electrons. The fourth-order valence-electron chi connectivity index (χ4n) is 6.63. The third-order valence-electron chi connectivity index (χ3n) is 8.92. The first kappa shape index (κ1) is 27.8. The number of nitrogens with one attached hydrogen (secondary N) is 1. The number of ether oxygens (including phenoxy) is 2. The number of imide groups is 1. The van der Waals surface area contributed by atoms with Crippen molar-refractivity contribution in [1.82, 2.24) is 20.1 Å². The molecule has 4 aliphatic heterocycles. The van der Waals surface area contributed by atoms with Gasteiger partial charge in [0.1, 0.15) is 11.8 Å². The van der Waals surface area contributed by atoms with Gasteiger partial charge >= 0.3 is 0 Å². The summed E-state index contributed by atoms with van der Waals surface area (Å²) in [6, 6.07) is 14.0. The van der Waals surface area contributed by atoms with Crippen molar-refractivity contribution in [2.24, 2.45) is 0 Å². The van der Waals surface area contributed by atoms with E-state index in [-0.39, 0.29) is 43.5 Å². The molecule has 3 fully saturated rings. The van der Waals surface area contributed by atoms with Gasteiger partial charge in [-0.25, -0.2) is 8.78 Å². The minimum absolute atomic E-state index is 0.0460. The number of likely N-dealkylation sites (tertiary alicyclic amines) is 1. The number of benzene rings is 2. The van der Waals surface area contributed by atoms with E-state index in [0.717, 1.165) is 48.2 Å². The number of carbonyl (C=O) groups is 3. The Morgan fingerprint density at radius 3 is 2.67 bits per heavy atom. The molecule has 0 spiro atoms. The van der Waals surface area contributed by atoms with Crippen LogP contribution in [-0.4, -0.2) is 76.9 Å². The summed E-state index contributed by atoms with van der Waals surface area (Å²) in [5.74, 6) is -3.59. The standard InChI is InChI=1S/C32H32F2N4O5/c33-32(34)18-37(15-19-1-5-26-21(13-19)2-6-25(35-26)20-9-11-42-12-10-20)17-28(32)43-23-3-4-24-22(14-23)16-38(31(24)41)27-7-8-29(39)36-30(27)40/h1-6,13-14,20,27-28H,7-12,15-18H2,(H,36,39,40)/t27?,28-/m1/s1. The van der Waals surface area contributed by atoms with Gasteiger partial charge in [-0.3, -0.25) is 29.6 Å². The molecule has 0 radical (unpaired) electrons. The zero-order valence-corrected chi connectivity index (χ0v) is 23.6. The Balaban J connectivity index is 1.01. The summed E-state index contributed by atoms with van der Waals surface area (Å²) >= 11 is 0. The maximum Gasteiger partial charge on any atom is 0.297 e. The van der Waals surface area contributed by atoms with Gasteiger partial charge in [-0.15, -0.1) is 0 Å². The molecular formula is C32H32F2N4O5. The van der Waals surface area contributed by atoms with Gasteiger partial charge in [-0.1, -0.05) is 12.1 Å². The number of hydrogen-bond donors (Lipinski definition) is 1. The summed E-state index contributed by atoms with van der Waals surface area (Å²) in [5, 5.41) is 3.25. The van der Waals surface area contributed by atoms with Crippen LogP contribution in [0.5, 0.6) is 5.75 Å². The highest BCUT2D eigenvalue weighted by Crippen LogP contribution is 2.35. The summed E-state index contributed by atoms with van der Waals surface area (Å²) in [7, 11) is 0. The highest BCUT2D eigenvalue weighted by molar-refractivity contribution is 6.05. The zero-order chi connectivity index (χ0) is 29.7. The van der Waals surface area contributed by atoms with Gasteiger partial charge in [0.05, 0.1) is 12.1 Å². The predicted molar refractivity (Wildman–Crippen MR) is 152 cm³/mol. The van der Waals surface area contributed by atoms with Crippen molar-refractivity contribution in [3.05, 3.63) is 70.9 Å². The minimum atomic E-state index is -3.06. The number of fused-ring (bicyclic) bond motifs is 2. The highest BCUT2D eigenvalue weighted by atomic mass is 19.3. The molecule has 0 bridgehead atoms. The lowest BCUT2D eigenvalue weighted by molar-refractivity contribution is -0.136. The number of amides is 3. The van der Waals surface area contributed by atoms with Crippen LogP contribution in [0.4, 0.5) is 8.78 Å². The van der Waals surface area contributed by atoms with E-state index in [1.165, 1.54) is 11.0 Å². The van der Waals surface area contributed by atoms with Gasteiger partial charge in [0.2, 0.25) is 11.8 Å². The number of alkyl halides is 2. The molecule has 11 heteroatoms. The van der Waals surface area contributed by atoms with Crippen molar-refractivity contribution in [3.63, 3.8) is 0 Å². The molecule has 4 aliphatic rings. The van der Waals surface area contributed by atoms with Crippen molar-refractivity contribution >= 4 is 28.6 Å². The lowest BCUT2D eigenvalue weighted by atomic mass is 9.95. The van der Waals surface area contributed by atoms with Crippen molar-refractivity contribution in [1.29, 1.82) is 0 Å². The van der Waals surface area contributed by atoms with Crippen LogP contribution in [0, 0.1) is 0 Å². The van der Waals surface area contributed by atoms with Gasteiger partial charge in [0.25, 0.3) is 11.8 Å². The van der Waals surface area contributed by atoms with Crippen molar-refractivity contribution in [3.8, 4) is 5.75 Å². The molecule has 2 aromatic carbocycles. The number of rotatable bonds is 6. The van der Waals surface area contributed by atoms with Gasteiger partial charge < -0.3 is 14.4 Å². The number of pyridine rings is 1. The molecule has 7 rings (SSSR count). The van der Waals surface area contributed by atoms with E-state index in [1.807, 2.05) is 18.2 Å². The topological polar surface area (TPSA) is 101 Å². The average molecular weight is 591 g/mol. The normalized spacial score (nSPS) is 24.4. The van der Waals surface area contributed by atoms with Crippen LogP contribution in [0.2, 0.25) is 0 Å². The number of nitrogens with zero attached hydrogens (tertiary/aromatic N) is 3. The maximum absolute atomic E-state index is 15.1. The smallest absolute Gasteiger partial charge is 0.297 e. The van der Waals surface area contributed by atoms with E-state index in [0.29, 0.717) is 23.6 Å². The Morgan fingerprint density at radius 1 is 1.02 bits per heavy atom. The number of carbonyl (C=O) groups excluding carboxylic acids is 3. The Hall–Kier alpha value is -3.96. The molecule has 3 aromatic rings. The summed E-state index contributed by atoms with van der Waals surface area (Å²) in [4.78, 5) is 44.7. The maximum atomic E-state index is 15.1. The van der Waals surface area contributed by atoms with E-state index in [4.69, 9.17) is 14.5 Å². The molecule has 0 aliphatic carbocycles. The summed E-state index contributed by atoms with van der Waals surface area (Å²) in [6.07, 6.45) is 0.994. The molecule has 1 unspecified atom stereocenters. The van der Waals surface area contributed by atoms with Crippen molar-refractivity contribution in [2.75, 3.05) is 26.3 Å². The van der Waals surface area contributed by atoms with E-state index >= 15 is 8.78 Å². The molecule has 43 heavy (non-hydrogen) atoms. The van der Waals surface area contributed by atoms with Gasteiger partial charge in [0.15, 0.2) is 6.10 Å². The Labute approximate surface area is 247 Å². The molecule has 3 saturated heterocycles. The van der Waals surface area contributed by atoms with E-state index < -0.39 is 30.5 Å². The van der Waals surface area contributed by atoms with Crippen LogP contribution >= 0.6 is 0 Å². The third-order valence-corrected chi connectivity index (χ3v) is 8.92. The van der Waals surface area contributed by atoms with E-state index in [1.54, 1.807) is 17.0 Å². The number of aromatic nitrogens is 1. The third kappa shape index (κ3) is 5.47. The van der Waals surface area contributed by atoms with Crippen LogP contribution < -0.4 is 10.1 Å². The average Bonchev–Trinajstić information content (AvgIpc) is 3.46.